The molecule has 0 aromatic heterocycles. The van der Waals surface area contributed by atoms with Gasteiger partial charge in [-0.3, -0.25) is 18.6 Å². The molecule has 0 aromatic carbocycles. The van der Waals surface area contributed by atoms with Crippen LogP contribution in [0.5, 0.6) is 0 Å². The molecule has 0 spiro atoms. The third kappa shape index (κ3) is 61.9. The lowest BCUT2D eigenvalue weighted by atomic mass is 10.0. The predicted octanol–water partition coefficient (Wildman–Crippen LogP) is 20.2. The van der Waals surface area contributed by atoms with Crippen molar-refractivity contribution >= 4 is 19.8 Å². The summed E-state index contributed by atoms with van der Waals surface area (Å²) in [5.74, 6) is -0.804. The minimum Gasteiger partial charge on any atom is -0.462 e. The monoisotopic (exact) mass is 1110 g/mol. The zero-order valence-corrected chi connectivity index (χ0v) is 51.8. The van der Waals surface area contributed by atoms with Crippen LogP contribution in [0.15, 0.2) is 109 Å². The molecule has 9 nitrogen and oxygen atoms in total. The molecule has 10 heteroatoms. The number of esters is 2. The van der Waals surface area contributed by atoms with Gasteiger partial charge in [-0.25, -0.2) is 4.57 Å². The highest BCUT2D eigenvalue weighted by Crippen LogP contribution is 2.43. The van der Waals surface area contributed by atoms with Gasteiger partial charge in [0, 0.05) is 12.8 Å². The van der Waals surface area contributed by atoms with E-state index in [1.807, 2.05) is 21.1 Å². The summed E-state index contributed by atoms with van der Waals surface area (Å²) in [7, 11) is 1.47. The molecule has 0 aliphatic rings. The van der Waals surface area contributed by atoms with Crippen LogP contribution in [0.2, 0.25) is 0 Å². The summed E-state index contributed by atoms with van der Waals surface area (Å²) >= 11 is 0. The first-order chi connectivity index (χ1) is 38.0. The van der Waals surface area contributed by atoms with Crippen LogP contribution in [-0.2, 0) is 32.7 Å². The van der Waals surface area contributed by atoms with E-state index in [4.69, 9.17) is 18.5 Å². The van der Waals surface area contributed by atoms with Gasteiger partial charge >= 0.3 is 19.8 Å². The lowest BCUT2D eigenvalue weighted by molar-refractivity contribution is -0.870. The molecule has 0 saturated carbocycles. The van der Waals surface area contributed by atoms with Crippen molar-refractivity contribution in [3.8, 4) is 0 Å². The first kappa shape index (κ1) is 74.7. The molecule has 0 aliphatic carbocycles. The predicted molar refractivity (Wildman–Crippen MR) is 335 cm³/mol. The van der Waals surface area contributed by atoms with Gasteiger partial charge in [0.05, 0.1) is 27.7 Å². The number of carbonyl (C=O) groups is 2. The average Bonchev–Trinajstić information content (AvgIpc) is 3.41. The molecule has 0 radical (unpaired) electrons. The van der Waals surface area contributed by atoms with Crippen molar-refractivity contribution in [2.45, 2.75) is 264 Å². The molecule has 2 atom stereocenters. The quantitative estimate of drug-likeness (QED) is 0.0211. The van der Waals surface area contributed by atoms with Gasteiger partial charge < -0.3 is 18.9 Å². The van der Waals surface area contributed by atoms with Crippen LogP contribution in [0, 0.1) is 0 Å². The minimum absolute atomic E-state index is 0.0270. The van der Waals surface area contributed by atoms with Crippen molar-refractivity contribution in [2.75, 3.05) is 47.5 Å². The molecule has 0 aliphatic heterocycles. The molecule has 0 aromatic rings. The minimum atomic E-state index is -4.39. The van der Waals surface area contributed by atoms with Crippen molar-refractivity contribution < 1.29 is 42.1 Å². The second-order valence-corrected chi connectivity index (χ2v) is 23.5. The average molecular weight is 1110 g/mol. The van der Waals surface area contributed by atoms with Gasteiger partial charge in [-0.2, -0.15) is 0 Å². The highest BCUT2D eigenvalue weighted by Gasteiger charge is 2.27. The van der Waals surface area contributed by atoms with Gasteiger partial charge in [0.15, 0.2) is 6.10 Å². The Morgan fingerprint density at radius 1 is 0.410 bits per heavy atom. The third-order valence-electron chi connectivity index (χ3n) is 13.3. The van der Waals surface area contributed by atoms with E-state index in [0.717, 1.165) is 103 Å². The van der Waals surface area contributed by atoms with E-state index in [2.05, 4.69) is 123 Å². The Labute approximate surface area is 480 Å². The first-order valence-corrected chi connectivity index (χ1v) is 33.1. The van der Waals surface area contributed by atoms with Gasteiger partial charge in [-0.15, -0.1) is 0 Å². The van der Waals surface area contributed by atoms with Crippen LogP contribution in [0.4, 0.5) is 0 Å². The fourth-order valence-corrected chi connectivity index (χ4v) is 9.18. The number of ether oxygens (including phenoxy) is 2. The van der Waals surface area contributed by atoms with Crippen molar-refractivity contribution in [2.24, 2.45) is 0 Å². The lowest BCUT2D eigenvalue weighted by Gasteiger charge is -2.24. The van der Waals surface area contributed by atoms with Gasteiger partial charge in [0.2, 0.25) is 0 Å². The number of nitrogens with zero attached hydrogens (tertiary/aromatic N) is 1. The number of phosphoric acid groups is 1. The molecule has 1 N–H and O–H groups in total. The molecule has 0 fully saturated rings. The normalized spacial score (nSPS) is 14.0. The Morgan fingerprint density at radius 3 is 1.10 bits per heavy atom. The van der Waals surface area contributed by atoms with Gasteiger partial charge in [-0.05, 0) is 103 Å². The summed E-state index contributed by atoms with van der Waals surface area (Å²) < 4.78 is 34.6. The number of hydrogen-bond donors (Lipinski definition) is 1. The van der Waals surface area contributed by atoms with Crippen molar-refractivity contribution in [3.63, 3.8) is 0 Å². The number of carbonyl (C=O) groups excluding carboxylic acids is 2. The van der Waals surface area contributed by atoms with Crippen LogP contribution >= 0.6 is 7.82 Å². The first-order valence-electron chi connectivity index (χ1n) is 31.6. The molecular weight excluding hydrogens is 990 g/mol. The maximum atomic E-state index is 12.8. The summed E-state index contributed by atoms with van der Waals surface area (Å²) in [5, 5.41) is 0. The summed E-state index contributed by atoms with van der Waals surface area (Å²) in [5.41, 5.74) is 0. The fraction of sp³-hybridized carbons (Fsp3) is 0.706. The molecule has 0 saturated heterocycles. The molecule has 0 amide bonds. The van der Waals surface area contributed by atoms with Crippen LogP contribution in [0.3, 0.4) is 0 Å². The second kappa shape index (κ2) is 58.3. The topological polar surface area (TPSA) is 108 Å². The molecule has 0 rings (SSSR count). The number of rotatable bonds is 57. The summed E-state index contributed by atoms with van der Waals surface area (Å²) in [6.07, 6.45) is 81.7. The number of allylic oxidation sites excluding steroid dienone is 18. The number of likely N-dealkylation sites (N-methyl/N-ethyl adjacent to an activating group) is 1. The van der Waals surface area contributed by atoms with E-state index < -0.39 is 26.5 Å². The maximum absolute atomic E-state index is 12.8. The highest BCUT2D eigenvalue weighted by atomic mass is 31.2. The lowest BCUT2D eigenvalue weighted by Crippen LogP contribution is -2.37. The molecule has 0 bridgehead atoms. The smallest absolute Gasteiger partial charge is 0.462 e. The van der Waals surface area contributed by atoms with E-state index in [1.54, 1.807) is 0 Å². The van der Waals surface area contributed by atoms with Crippen molar-refractivity contribution in [3.05, 3.63) is 109 Å². The summed E-state index contributed by atoms with van der Waals surface area (Å²) in [6, 6.07) is 0. The summed E-state index contributed by atoms with van der Waals surface area (Å²) in [4.78, 5) is 35.7. The molecule has 0 heterocycles. The molecule has 448 valence electrons. The van der Waals surface area contributed by atoms with E-state index in [0.29, 0.717) is 17.4 Å². The van der Waals surface area contributed by atoms with Gasteiger partial charge in [0.25, 0.3) is 0 Å². The van der Waals surface area contributed by atoms with E-state index >= 15 is 0 Å². The SMILES string of the molecule is CC/C=C\C/C=C\C/C=C\C/C=C\C/C=C\C/C=C\C/C=C\C/C=C\CCCCCCCCCCCCCCC(=O)OC(COC(=O)CCCCCCCCC/C=C\CCCCCCCC)COP(=O)(O)OCC[N+](C)(C)C. The molecule has 2 unspecified atom stereocenters. The Morgan fingerprint density at radius 2 is 0.731 bits per heavy atom. The number of phosphoric ester groups is 1. The van der Waals surface area contributed by atoms with Crippen LogP contribution < -0.4 is 0 Å². The number of unbranched alkanes of at least 4 members (excludes halogenated alkanes) is 25. The summed E-state index contributed by atoms with van der Waals surface area (Å²) in [6.45, 7) is 4.31. The second-order valence-electron chi connectivity index (χ2n) is 22.1. The van der Waals surface area contributed by atoms with E-state index in [-0.39, 0.29) is 32.0 Å². The highest BCUT2D eigenvalue weighted by molar-refractivity contribution is 7.47. The number of hydrogen-bond acceptors (Lipinski definition) is 7. The zero-order chi connectivity index (χ0) is 57.0. The van der Waals surface area contributed by atoms with Gasteiger partial charge in [0.1, 0.15) is 19.8 Å². The number of quaternary nitrogens is 1. The van der Waals surface area contributed by atoms with Gasteiger partial charge in [-0.1, -0.05) is 252 Å². The fourth-order valence-electron chi connectivity index (χ4n) is 8.44. The van der Waals surface area contributed by atoms with Crippen LogP contribution in [0.25, 0.3) is 0 Å². The Balaban J connectivity index is 4.09. The van der Waals surface area contributed by atoms with Crippen molar-refractivity contribution in [1.29, 1.82) is 0 Å². The largest absolute Gasteiger partial charge is 0.472 e. The van der Waals surface area contributed by atoms with Crippen LogP contribution in [0.1, 0.15) is 258 Å². The molecular formula is C68H119NO8P+. The Bertz CT molecular complexity index is 1680. The van der Waals surface area contributed by atoms with E-state index in [9.17, 15) is 19.0 Å². The maximum Gasteiger partial charge on any atom is 0.472 e. The van der Waals surface area contributed by atoms with Crippen molar-refractivity contribution in [1.82, 2.24) is 0 Å². The Hall–Kier alpha value is -3.33. The molecule has 78 heavy (non-hydrogen) atoms. The third-order valence-corrected chi connectivity index (χ3v) is 14.3. The van der Waals surface area contributed by atoms with Crippen LogP contribution in [-0.4, -0.2) is 74.9 Å². The standard InChI is InChI=1S/C68H118NO8P/c1-6-8-10-12-14-16-18-20-22-24-25-26-27-28-29-30-31-32-33-34-35-36-37-38-39-40-41-42-43-45-47-49-51-53-55-57-59-61-68(71)77-66(65-76-78(72,73)75-63-62-69(3,4)5)64-74-67(70)60-58-56-54-52-50-48-46-44-23-21-19-17-15-13-11-9-7-2/h8,10,14,16,20-23,25-26,28-29,31-32,34-35,37-38,66H,6-7,9,11-13,15,17-19,24,27,30,33,36,39-65H2,1-5H3/p+1/b10-8-,16-14-,22-20-,23-21-,26-25-,29-28-,32-31-,35-34-,38-37-. The zero-order valence-electron chi connectivity index (χ0n) is 50.9. The Kier molecular flexibility index (Phi) is 55.8. The van der Waals surface area contributed by atoms with E-state index in [1.165, 1.54) is 122 Å².